The van der Waals surface area contributed by atoms with Crippen molar-refractivity contribution in [1.82, 2.24) is 9.13 Å². The van der Waals surface area contributed by atoms with Crippen LogP contribution in [-0.2, 0) is 0 Å². The maximum absolute atomic E-state index is 2.48. The highest BCUT2D eigenvalue weighted by molar-refractivity contribution is 7.00. The summed E-state index contributed by atoms with van der Waals surface area (Å²) >= 11 is 0. The zero-order chi connectivity index (χ0) is 52.9. The molecule has 376 valence electrons. The number of aromatic nitrogens is 2. The summed E-state index contributed by atoms with van der Waals surface area (Å²) in [5, 5.41) is 7.63. The Morgan fingerprint density at radius 2 is 0.557 bits per heavy atom. The maximum atomic E-state index is 2.48. The first kappa shape index (κ1) is 47.5. The molecule has 0 saturated heterocycles. The molecular weight excluding hydrogens is 973 g/mol. The van der Waals surface area contributed by atoms with Crippen LogP contribution in [0.2, 0.25) is 13.1 Å². The van der Waals surface area contributed by atoms with E-state index >= 15 is 0 Å². The van der Waals surface area contributed by atoms with E-state index in [0.717, 1.165) is 45.5 Å². The van der Waals surface area contributed by atoms with E-state index in [2.05, 4.69) is 335 Å². The van der Waals surface area contributed by atoms with E-state index in [-0.39, 0.29) is 0 Å². The third-order valence-electron chi connectivity index (χ3n) is 16.0. The van der Waals surface area contributed by atoms with Gasteiger partial charge in [-0.1, -0.05) is 205 Å². The van der Waals surface area contributed by atoms with Crippen LogP contribution in [0.3, 0.4) is 0 Å². The van der Waals surface area contributed by atoms with Crippen molar-refractivity contribution in [2.24, 2.45) is 0 Å². The van der Waals surface area contributed by atoms with Crippen molar-refractivity contribution in [3.63, 3.8) is 0 Å². The highest BCUT2D eigenvalue weighted by Crippen LogP contribution is 2.43. The number of hydrogen-bond donors (Lipinski definition) is 0. The fourth-order valence-electron chi connectivity index (χ4n) is 11.9. The third kappa shape index (κ3) is 8.58. The van der Waals surface area contributed by atoms with E-state index in [0.29, 0.717) is 0 Å². The van der Waals surface area contributed by atoms with Crippen LogP contribution in [0.15, 0.2) is 303 Å². The summed E-state index contributed by atoms with van der Waals surface area (Å²) in [7, 11) is -2.23. The Kier molecular flexibility index (Phi) is 12.0. The average molecular weight is 1030 g/mol. The van der Waals surface area contributed by atoms with Gasteiger partial charge in [0.05, 0.1) is 22.1 Å². The number of para-hydroxylation sites is 4. The summed E-state index contributed by atoms with van der Waals surface area (Å²) in [6.45, 7) is 4.96. The van der Waals surface area contributed by atoms with Gasteiger partial charge in [0.1, 0.15) is 8.07 Å². The van der Waals surface area contributed by atoms with Crippen LogP contribution in [0, 0.1) is 0 Å². The molecule has 0 aliphatic heterocycles. The Balaban J connectivity index is 0.845. The highest BCUT2D eigenvalue weighted by Gasteiger charge is 2.28. The number of hydrogen-bond acceptors (Lipinski definition) is 2. The first-order valence-electron chi connectivity index (χ1n) is 27.2. The second kappa shape index (κ2) is 19.9. The molecular formula is C74H56N4Si. The van der Waals surface area contributed by atoms with E-state index in [1.165, 1.54) is 76.2 Å². The fourth-order valence-corrected chi connectivity index (χ4v) is 14.3. The molecule has 0 fully saturated rings. The van der Waals surface area contributed by atoms with Gasteiger partial charge >= 0.3 is 0 Å². The first-order chi connectivity index (χ1) is 38.9. The second-order valence-corrected chi connectivity index (χ2v) is 25.4. The summed E-state index contributed by atoms with van der Waals surface area (Å²) in [5.74, 6) is 0. The van der Waals surface area contributed by atoms with Gasteiger partial charge in [0.25, 0.3) is 0 Å². The standard InChI is InChI=1S/C74H56N4Si/c1-79(2,65-43-37-59(38-44-65)75(61-31-19-25-55(49-61)53-21-7-3-8-22-53)63-41-47-73-69(51-63)67-33-15-17-35-71(67)77(73)57-27-11-5-12-28-57)66-45-39-60(40-46-66)76(62-32-20-26-56(50-62)54-23-9-4-10-24-54)64-42-48-74-70(52-64)68-34-16-18-36-72(68)78(74)58-29-13-6-14-30-58/h3-52H,1-2H3. The molecule has 0 unspecified atom stereocenters. The third-order valence-corrected chi connectivity index (χ3v) is 19.5. The van der Waals surface area contributed by atoms with E-state index in [1.807, 2.05) is 0 Å². The minimum absolute atomic E-state index is 1.10. The quantitative estimate of drug-likeness (QED) is 0.113. The zero-order valence-electron chi connectivity index (χ0n) is 44.2. The van der Waals surface area contributed by atoms with Crippen LogP contribution in [0.4, 0.5) is 34.1 Å². The van der Waals surface area contributed by atoms with Crippen molar-refractivity contribution < 1.29 is 0 Å². The van der Waals surface area contributed by atoms with Gasteiger partial charge < -0.3 is 18.9 Å². The SMILES string of the molecule is C[Si](C)(c1ccc(N(c2cccc(-c3ccccc3)c2)c2ccc3c(c2)c2ccccc2n3-c2ccccc2)cc1)c1ccc(N(c2cccc(-c3ccccc3)c2)c2ccc3c(c2)c2ccccc2n3-c2ccccc2)cc1. The van der Waals surface area contributed by atoms with Crippen molar-refractivity contribution >= 4 is 96.2 Å². The Hall–Kier alpha value is -9.94. The molecule has 0 aliphatic carbocycles. The Labute approximate surface area is 462 Å². The van der Waals surface area contributed by atoms with Crippen molar-refractivity contribution in [2.75, 3.05) is 9.80 Å². The topological polar surface area (TPSA) is 16.3 Å². The second-order valence-electron chi connectivity index (χ2n) is 21.0. The number of benzene rings is 12. The molecule has 14 aromatic rings. The molecule has 12 aromatic carbocycles. The summed E-state index contributed by atoms with van der Waals surface area (Å²) in [6.07, 6.45) is 0. The summed E-state index contributed by atoms with van der Waals surface area (Å²) in [6, 6.07) is 111. The molecule has 4 nitrogen and oxygen atoms in total. The van der Waals surface area contributed by atoms with Crippen LogP contribution in [0.1, 0.15) is 0 Å². The van der Waals surface area contributed by atoms with Gasteiger partial charge in [0, 0.05) is 67.0 Å². The van der Waals surface area contributed by atoms with Gasteiger partial charge in [-0.3, -0.25) is 0 Å². The maximum Gasteiger partial charge on any atom is 0.112 e. The minimum Gasteiger partial charge on any atom is -0.310 e. The number of nitrogens with zero attached hydrogens (tertiary/aromatic N) is 4. The average Bonchev–Trinajstić information content (AvgIpc) is 4.20. The van der Waals surface area contributed by atoms with Crippen molar-refractivity contribution in [2.45, 2.75) is 13.1 Å². The van der Waals surface area contributed by atoms with E-state index in [9.17, 15) is 0 Å². The molecule has 0 spiro atoms. The molecule has 5 heteroatoms. The molecule has 2 aromatic heterocycles. The van der Waals surface area contributed by atoms with Crippen molar-refractivity contribution in [3.8, 4) is 33.6 Å². The van der Waals surface area contributed by atoms with Crippen molar-refractivity contribution in [3.05, 3.63) is 303 Å². The van der Waals surface area contributed by atoms with Gasteiger partial charge in [0.2, 0.25) is 0 Å². The Morgan fingerprint density at radius 1 is 0.241 bits per heavy atom. The predicted molar refractivity (Wildman–Crippen MR) is 339 cm³/mol. The smallest absolute Gasteiger partial charge is 0.112 e. The molecule has 14 rings (SSSR count). The van der Waals surface area contributed by atoms with Gasteiger partial charge in [0.15, 0.2) is 0 Å². The molecule has 0 aliphatic rings. The van der Waals surface area contributed by atoms with Gasteiger partial charge in [-0.25, -0.2) is 0 Å². The molecule has 0 radical (unpaired) electrons. The lowest BCUT2D eigenvalue weighted by Gasteiger charge is -2.29. The van der Waals surface area contributed by atoms with E-state index in [4.69, 9.17) is 0 Å². The fraction of sp³-hybridized carbons (Fsp3) is 0.0270. The molecule has 0 atom stereocenters. The molecule has 0 saturated carbocycles. The molecule has 79 heavy (non-hydrogen) atoms. The monoisotopic (exact) mass is 1030 g/mol. The van der Waals surface area contributed by atoms with E-state index in [1.54, 1.807) is 0 Å². The van der Waals surface area contributed by atoms with Crippen LogP contribution in [0.25, 0.3) is 77.2 Å². The Bertz CT molecular complexity index is 4200. The summed E-state index contributed by atoms with van der Waals surface area (Å²) < 4.78 is 4.77. The predicted octanol–water partition coefficient (Wildman–Crippen LogP) is 19.0. The first-order valence-corrected chi connectivity index (χ1v) is 30.2. The lowest BCUT2D eigenvalue weighted by Crippen LogP contribution is -2.52. The van der Waals surface area contributed by atoms with E-state index < -0.39 is 8.07 Å². The van der Waals surface area contributed by atoms with Gasteiger partial charge in [-0.2, -0.15) is 0 Å². The molecule has 0 N–H and O–H groups in total. The van der Waals surface area contributed by atoms with Gasteiger partial charge in [-0.15, -0.1) is 0 Å². The lowest BCUT2D eigenvalue weighted by atomic mass is 10.0. The van der Waals surface area contributed by atoms with Gasteiger partial charge in [-0.05, 0) is 144 Å². The highest BCUT2D eigenvalue weighted by atomic mass is 28.3. The summed E-state index contributed by atoms with van der Waals surface area (Å²) in [5.41, 5.74) is 18.4. The zero-order valence-corrected chi connectivity index (χ0v) is 45.2. The van der Waals surface area contributed by atoms with Crippen LogP contribution in [-0.4, -0.2) is 17.2 Å². The lowest BCUT2D eigenvalue weighted by molar-refractivity contribution is 1.18. The van der Waals surface area contributed by atoms with Crippen molar-refractivity contribution in [1.29, 1.82) is 0 Å². The molecule has 2 heterocycles. The molecule has 0 amide bonds. The molecule has 0 bridgehead atoms. The van der Waals surface area contributed by atoms with Crippen LogP contribution >= 0.6 is 0 Å². The van der Waals surface area contributed by atoms with Crippen LogP contribution < -0.4 is 20.2 Å². The normalized spacial score (nSPS) is 11.7. The van der Waals surface area contributed by atoms with Crippen LogP contribution in [0.5, 0.6) is 0 Å². The minimum atomic E-state index is -2.23. The largest absolute Gasteiger partial charge is 0.310 e. The summed E-state index contributed by atoms with van der Waals surface area (Å²) in [4.78, 5) is 4.84. The number of rotatable bonds is 12. The number of fused-ring (bicyclic) bond motifs is 6. The Morgan fingerprint density at radius 3 is 0.962 bits per heavy atom. The number of anilines is 6.